The summed E-state index contributed by atoms with van der Waals surface area (Å²) in [5.74, 6) is -0.753. The Morgan fingerprint density at radius 2 is 1.52 bits per heavy atom. The van der Waals surface area contributed by atoms with Gasteiger partial charge in [0.05, 0.1) is 30.4 Å². The van der Waals surface area contributed by atoms with Gasteiger partial charge in [-0.3, -0.25) is 24.1 Å². The average Bonchev–Trinajstić information content (AvgIpc) is 3.24. The van der Waals surface area contributed by atoms with Gasteiger partial charge in [0, 0.05) is 30.5 Å². The number of hydrogen-bond donors (Lipinski definition) is 0. The second-order valence-corrected chi connectivity index (χ2v) is 10.1. The number of ketones is 2. The minimum absolute atomic E-state index is 0.0296. The molecule has 40 heavy (non-hydrogen) atoms. The van der Waals surface area contributed by atoms with E-state index in [9.17, 15) is 19.2 Å². The third-order valence-corrected chi connectivity index (χ3v) is 7.27. The first-order valence-electron chi connectivity index (χ1n) is 13.8. The lowest BCUT2D eigenvalue weighted by molar-refractivity contribution is -0.200. The van der Waals surface area contributed by atoms with Gasteiger partial charge in [0.15, 0.2) is 17.9 Å². The third kappa shape index (κ3) is 6.08. The van der Waals surface area contributed by atoms with Gasteiger partial charge in [0.25, 0.3) is 11.8 Å². The number of pyridine rings is 1. The van der Waals surface area contributed by atoms with Crippen LogP contribution in [0.3, 0.4) is 0 Å². The molecule has 2 aliphatic rings. The maximum Gasteiger partial charge on any atom is 0.261 e. The molecule has 3 heterocycles. The Morgan fingerprint density at radius 1 is 0.875 bits per heavy atom. The summed E-state index contributed by atoms with van der Waals surface area (Å²) in [6.45, 7) is 2.21. The van der Waals surface area contributed by atoms with Gasteiger partial charge in [-0.05, 0) is 49.1 Å². The summed E-state index contributed by atoms with van der Waals surface area (Å²) in [6.07, 6.45) is 2.69. The second kappa shape index (κ2) is 12.4. The van der Waals surface area contributed by atoms with Crippen molar-refractivity contribution >= 4 is 23.4 Å². The summed E-state index contributed by atoms with van der Waals surface area (Å²) in [4.78, 5) is 56.6. The van der Waals surface area contributed by atoms with Crippen LogP contribution < -0.4 is 0 Å². The van der Waals surface area contributed by atoms with E-state index in [1.54, 1.807) is 43.3 Å². The molecule has 1 aromatic heterocycles. The number of rotatable bonds is 11. The molecule has 0 spiro atoms. The number of imide groups is 1. The standard InChI is InChI=1S/C32H32N2O6/c1-2-28(35)27-18-22(17-23(33-27)16-21-10-4-3-5-11-21)29(36)14-8-9-15-30-39-19-24(20-40-30)34-31(37)25-12-6-7-13-26(25)32(34)38/h3-7,10-13,17-18,24,30H,2,8-9,14-16,19-20H2,1H3. The average molecular weight is 541 g/mol. The number of Topliss-reactive ketones (excluding diaryl/α,β-unsaturated/α-hetero) is 2. The molecule has 1 fully saturated rings. The van der Waals surface area contributed by atoms with E-state index in [0.29, 0.717) is 66.6 Å². The molecule has 5 rings (SSSR count). The summed E-state index contributed by atoms with van der Waals surface area (Å²) in [5.41, 5.74) is 3.42. The topological polar surface area (TPSA) is 103 Å². The quantitative estimate of drug-likeness (QED) is 0.191. The predicted molar refractivity (Wildman–Crippen MR) is 147 cm³/mol. The molecule has 0 unspecified atom stereocenters. The van der Waals surface area contributed by atoms with E-state index in [-0.39, 0.29) is 36.6 Å². The number of aromatic nitrogens is 1. The Kier molecular flexibility index (Phi) is 8.57. The number of ether oxygens (including phenoxy) is 2. The molecule has 0 aliphatic carbocycles. The summed E-state index contributed by atoms with van der Waals surface area (Å²) < 4.78 is 11.6. The van der Waals surface area contributed by atoms with Gasteiger partial charge in [-0.15, -0.1) is 0 Å². The van der Waals surface area contributed by atoms with Gasteiger partial charge in [-0.2, -0.15) is 0 Å². The van der Waals surface area contributed by atoms with Crippen molar-refractivity contribution in [3.8, 4) is 0 Å². The summed E-state index contributed by atoms with van der Waals surface area (Å²) in [6, 6.07) is 19.5. The van der Waals surface area contributed by atoms with Crippen molar-refractivity contribution in [2.45, 2.75) is 57.8 Å². The highest BCUT2D eigenvalue weighted by Crippen LogP contribution is 2.27. The van der Waals surface area contributed by atoms with Gasteiger partial charge < -0.3 is 9.47 Å². The van der Waals surface area contributed by atoms with Gasteiger partial charge in [-0.25, -0.2) is 4.98 Å². The van der Waals surface area contributed by atoms with E-state index in [2.05, 4.69) is 4.98 Å². The number of hydrogen-bond acceptors (Lipinski definition) is 7. The van der Waals surface area contributed by atoms with E-state index in [1.165, 1.54) is 4.90 Å². The molecule has 0 atom stereocenters. The molecule has 206 valence electrons. The van der Waals surface area contributed by atoms with Crippen molar-refractivity contribution in [1.29, 1.82) is 0 Å². The molecule has 0 radical (unpaired) electrons. The highest BCUT2D eigenvalue weighted by atomic mass is 16.7. The fraction of sp³-hybridized carbons (Fsp3) is 0.344. The number of unbranched alkanes of at least 4 members (excludes halogenated alkanes) is 1. The highest BCUT2D eigenvalue weighted by Gasteiger charge is 2.41. The molecule has 2 amide bonds. The number of fused-ring (bicyclic) bond motifs is 1. The monoisotopic (exact) mass is 540 g/mol. The molecule has 3 aromatic rings. The van der Waals surface area contributed by atoms with Crippen molar-refractivity contribution in [1.82, 2.24) is 9.88 Å². The number of nitrogens with zero attached hydrogens (tertiary/aromatic N) is 2. The molecule has 2 aromatic carbocycles. The molecule has 2 aliphatic heterocycles. The fourth-order valence-electron chi connectivity index (χ4n) is 5.10. The Labute approximate surface area is 233 Å². The Bertz CT molecular complexity index is 1380. The number of amides is 2. The molecular formula is C32H32N2O6. The van der Waals surface area contributed by atoms with E-state index in [1.807, 2.05) is 30.3 Å². The molecule has 0 N–H and O–H groups in total. The zero-order valence-electron chi connectivity index (χ0n) is 22.5. The van der Waals surface area contributed by atoms with Gasteiger partial charge in [-0.1, -0.05) is 49.4 Å². The number of benzene rings is 2. The first-order valence-corrected chi connectivity index (χ1v) is 13.8. The van der Waals surface area contributed by atoms with Crippen molar-refractivity contribution in [2.24, 2.45) is 0 Å². The fourth-order valence-corrected chi connectivity index (χ4v) is 5.10. The van der Waals surface area contributed by atoms with Gasteiger partial charge >= 0.3 is 0 Å². The summed E-state index contributed by atoms with van der Waals surface area (Å²) >= 11 is 0. The lowest BCUT2D eigenvalue weighted by atomic mass is 10.0. The molecule has 8 nitrogen and oxygen atoms in total. The van der Waals surface area contributed by atoms with Crippen molar-refractivity contribution in [3.05, 3.63) is 100 Å². The van der Waals surface area contributed by atoms with Crippen molar-refractivity contribution in [2.75, 3.05) is 13.2 Å². The van der Waals surface area contributed by atoms with Crippen LogP contribution in [0.25, 0.3) is 0 Å². The lowest BCUT2D eigenvalue weighted by Gasteiger charge is -2.33. The Hall–Kier alpha value is -4.01. The van der Waals surface area contributed by atoms with Crippen LogP contribution in [0.1, 0.15) is 91.8 Å². The molecular weight excluding hydrogens is 508 g/mol. The van der Waals surface area contributed by atoms with Crippen LogP contribution in [-0.4, -0.2) is 58.8 Å². The minimum Gasteiger partial charge on any atom is -0.350 e. The van der Waals surface area contributed by atoms with Crippen molar-refractivity contribution in [3.63, 3.8) is 0 Å². The second-order valence-electron chi connectivity index (χ2n) is 10.1. The Balaban J connectivity index is 1.11. The van der Waals surface area contributed by atoms with Crippen LogP contribution in [0.4, 0.5) is 0 Å². The van der Waals surface area contributed by atoms with Crippen molar-refractivity contribution < 1.29 is 28.7 Å². The van der Waals surface area contributed by atoms with Crippen LogP contribution in [0.2, 0.25) is 0 Å². The normalized spacial score (nSPS) is 18.6. The maximum atomic E-state index is 13.0. The van der Waals surface area contributed by atoms with Gasteiger partial charge in [0.1, 0.15) is 5.69 Å². The van der Waals surface area contributed by atoms with Crippen LogP contribution in [0.15, 0.2) is 66.7 Å². The molecule has 8 heteroatoms. The van der Waals surface area contributed by atoms with Crippen LogP contribution in [0.5, 0.6) is 0 Å². The lowest BCUT2D eigenvalue weighted by Crippen LogP contribution is -2.49. The first-order chi connectivity index (χ1) is 19.4. The molecule has 1 saturated heterocycles. The van der Waals surface area contributed by atoms with Gasteiger partial charge in [0.2, 0.25) is 0 Å². The zero-order chi connectivity index (χ0) is 28.1. The molecule has 0 bridgehead atoms. The predicted octanol–water partition coefficient (Wildman–Crippen LogP) is 5.05. The van der Waals surface area contributed by atoms with E-state index in [4.69, 9.17) is 9.47 Å². The zero-order valence-corrected chi connectivity index (χ0v) is 22.5. The van der Waals surface area contributed by atoms with E-state index < -0.39 is 12.3 Å². The van der Waals surface area contributed by atoms with Crippen LogP contribution in [-0.2, 0) is 15.9 Å². The van der Waals surface area contributed by atoms with Crippen LogP contribution >= 0.6 is 0 Å². The summed E-state index contributed by atoms with van der Waals surface area (Å²) in [5, 5.41) is 0. The van der Waals surface area contributed by atoms with E-state index in [0.717, 1.165) is 5.56 Å². The minimum atomic E-state index is -0.470. The van der Waals surface area contributed by atoms with E-state index >= 15 is 0 Å². The van der Waals surface area contributed by atoms with Crippen LogP contribution in [0, 0.1) is 0 Å². The summed E-state index contributed by atoms with van der Waals surface area (Å²) in [7, 11) is 0. The molecule has 0 saturated carbocycles. The maximum absolute atomic E-state index is 13.0. The largest absolute Gasteiger partial charge is 0.350 e. The number of carbonyl (C=O) groups excluding carboxylic acids is 4. The third-order valence-electron chi connectivity index (χ3n) is 7.27. The smallest absolute Gasteiger partial charge is 0.261 e. The highest BCUT2D eigenvalue weighted by molar-refractivity contribution is 6.21. The SMILES string of the molecule is CCC(=O)c1cc(C(=O)CCCCC2OCC(N3C(=O)c4ccccc4C3=O)CO2)cc(Cc2ccccc2)n1. The Morgan fingerprint density at radius 3 is 2.17 bits per heavy atom. The number of carbonyl (C=O) groups is 4. The first kappa shape index (κ1) is 27.6.